The number of halogens is 2. The highest BCUT2D eigenvalue weighted by Crippen LogP contribution is 2.28. The largest absolute Gasteiger partial charge is 0.481 e. The normalized spacial score (nSPS) is 10.7. The molecule has 23 heavy (non-hydrogen) atoms. The minimum absolute atomic E-state index is 0.541. The number of imidazole rings is 1. The topological polar surface area (TPSA) is 90.4 Å². The summed E-state index contributed by atoms with van der Waals surface area (Å²) in [5.74, 6) is 1.22. The van der Waals surface area contributed by atoms with Gasteiger partial charge in [-0.1, -0.05) is 23.2 Å². The summed E-state index contributed by atoms with van der Waals surface area (Å²) in [6.45, 7) is 0. The first-order valence-electron chi connectivity index (χ1n) is 6.03. The third kappa shape index (κ3) is 7.27. The Balaban J connectivity index is 0.000000593. The quantitative estimate of drug-likeness (QED) is 0.364. The first-order valence-corrected chi connectivity index (χ1v) is 8.18. The summed E-state index contributed by atoms with van der Waals surface area (Å²) in [5.41, 5.74) is 0.800. The third-order valence-electron chi connectivity index (χ3n) is 2.32. The molecule has 0 aliphatic rings. The number of aromatic nitrogens is 2. The van der Waals surface area contributed by atoms with Crippen molar-refractivity contribution in [3.05, 3.63) is 62.6 Å². The predicted molar refractivity (Wildman–Crippen MR) is 91.1 cm³/mol. The van der Waals surface area contributed by atoms with Crippen molar-refractivity contribution in [1.29, 1.82) is 0 Å². The van der Waals surface area contributed by atoms with Crippen LogP contribution in [0.5, 0.6) is 0 Å². The van der Waals surface area contributed by atoms with Gasteiger partial charge in [0.2, 0.25) is 0 Å². The number of nitrogens with zero attached hydrogens (tertiary/aromatic N) is 3. The van der Waals surface area contributed by atoms with Crippen molar-refractivity contribution in [2.24, 2.45) is 0 Å². The van der Waals surface area contributed by atoms with E-state index < -0.39 is 5.09 Å². The molecule has 0 spiro atoms. The van der Waals surface area contributed by atoms with Crippen molar-refractivity contribution in [2.45, 2.75) is 0 Å². The number of rotatable bonds is 5. The lowest BCUT2D eigenvalue weighted by Gasteiger charge is -2.11. The predicted octanol–water partition coefficient (Wildman–Crippen LogP) is 4.13. The van der Waals surface area contributed by atoms with E-state index in [0.717, 1.165) is 5.56 Å². The van der Waals surface area contributed by atoms with E-state index in [-0.39, 0.29) is 0 Å². The lowest BCUT2D eigenvalue weighted by molar-refractivity contribution is -0.742. The van der Waals surface area contributed by atoms with Crippen LogP contribution in [0.25, 0.3) is 12.0 Å². The van der Waals surface area contributed by atoms with Crippen LogP contribution in [0.3, 0.4) is 0 Å². The molecule has 0 saturated heterocycles. The van der Waals surface area contributed by atoms with E-state index in [0.29, 0.717) is 21.7 Å². The zero-order valence-corrected chi connectivity index (χ0v) is 14.3. The van der Waals surface area contributed by atoms with E-state index in [9.17, 15) is 0 Å². The number of thioether (sulfide) groups is 1. The summed E-state index contributed by atoms with van der Waals surface area (Å²) in [7, 11) is 0. The molecule has 1 aromatic heterocycles. The summed E-state index contributed by atoms with van der Waals surface area (Å²) in [5, 5.41) is 14.8. The summed E-state index contributed by atoms with van der Waals surface area (Å²) in [4.78, 5) is 12.4. The van der Waals surface area contributed by atoms with Gasteiger partial charge in [-0.2, -0.15) is 0 Å². The Morgan fingerprint density at radius 1 is 1.57 bits per heavy atom. The van der Waals surface area contributed by atoms with Crippen LogP contribution in [0.4, 0.5) is 0 Å². The van der Waals surface area contributed by atoms with Crippen LogP contribution in [0.1, 0.15) is 5.56 Å². The minimum Gasteiger partial charge on any atom is -0.481 e. The van der Waals surface area contributed by atoms with Gasteiger partial charge in [-0.3, -0.25) is 0 Å². The van der Waals surface area contributed by atoms with Gasteiger partial charge in [0.1, 0.15) is 11.7 Å². The van der Waals surface area contributed by atoms with Crippen molar-refractivity contribution in [3.8, 4) is 0 Å². The number of benzene rings is 1. The van der Waals surface area contributed by atoms with E-state index >= 15 is 0 Å². The molecular weight excluding hydrogens is 365 g/mol. The number of hydrogen-bond donors (Lipinski definition) is 1. The molecule has 10 heteroatoms. The van der Waals surface area contributed by atoms with E-state index in [1.165, 1.54) is 0 Å². The number of ether oxygens (including phenoxy) is 1. The smallest absolute Gasteiger partial charge is 0.291 e. The van der Waals surface area contributed by atoms with Crippen molar-refractivity contribution < 1.29 is 15.0 Å². The van der Waals surface area contributed by atoms with Gasteiger partial charge in [-0.05, 0) is 24.5 Å². The van der Waals surface area contributed by atoms with Crippen LogP contribution in [-0.2, 0) is 4.74 Å². The second-order valence-corrected chi connectivity index (χ2v) is 5.57. The molecule has 2 aromatic rings. The van der Waals surface area contributed by atoms with E-state index in [2.05, 4.69) is 4.98 Å². The molecule has 2 rings (SSSR count). The SMILES string of the molecule is CSCOC(=Cn1ccnc1)c1ccc(Cl)cc1Cl.O=[N+]([O-])O. The molecule has 1 N–H and O–H groups in total. The Kier molecular flexibility index (Phi) is 8.31. The first kappa shape index (κ1) is 19.1. The van der Waals surface area contributed by atoms with E-state index in [1.807, 2.05) is 24.7 Å². The van der Waals surface area contributed by atoms with Gasteiger partial charge < -0.3 is 14.5 Å². The second-order valence-electron chi connectivity index (χ2n) is 3.92. The van der Waals surface area contributed by atoms with Crippen LogP contribution in [0, 0.1) is 10.1 Å². The molecule has 124 valence electrons. The summed E-state index contributed by atoms with van der Waals surface area (Å²) in [6.07, 6.45) is 9.02. The van der Waals surface area contributed by atoms with Crippen molar-refractivity contribution >= 4 is 46.9 Å². The van der Waals surface area contributed by atoms with Gasteiger partial charge in [0, 0.05) is 23.0 Å². The fraction of sp³-hybridized carbons (Fsp3) is 0.154. The van der Waals surface area contributed by atoms with Crippen molar-refractivity contribution in [1.82, 2.24) is 9.55 Å². The molecule has 1 aromatic carbocycles. The third-order valence-corrected chi connectivity index (χ3v) is 3.22. The zero-order valence-electron chi connectivity index (χ0n) is 11.9. The van der Waals surface area contributed by atoms with Crippen molar-refractivity contribution in [2.75, 3.05) is 12.2 Å². The summed E-state index contributed by atoms with van der Waals surface area (Å²) in [6, 6.07) is 5.32. The lowest BCUT2D eigenvalue weighted by Crippen LogP contribution is -1.95. The van der Waals surface area contributed by atoms with E-state index in [4.69, 9.17) is 43.3 Å². The average molecular weight is 378 g/mol. The van der Waals surface area contributed by atoms with Gasteiger partial charge >= 0.3 is 0 Å². The zero-order chi connectivity index (χ0) is 17.2. The Morgan fingerprint density at radius 3 is 2.78 bits per heavy atom. The van der Waals surface area contributed by atoms with Gasteiger partial charge in [0.15, 0.2) is 0 Å². The van der Waals surface area contributed by atoms with Crippen LogP contribution in [0.15, 0.2) is 36.9 Å². The standard InChI is InChI=1S/C13H12Cl2N2OS.HNO3/c1-19-9-18-13(7-17-5-4-16-8-17)11-3-2-10(14)6-12(11)15;2-1(3)4/h2-8H,9H2,1H3;(H,2,3,4). The fourth-order valence-corrected chi connectivity index (χ4v) is 2.22. The van der Waals surface area contributed by atoms with Crippen molar-refractivity contribution in [3.63, 3.8) is 0 Å². The van der Waals surface area contributed by atoms with Gasteiger partial charge in [0.05, 0.1) is 17.5 Å². The molecule has 7 nitrogen and oxygen atoms in total. The highest BCUT2D eigenvalue weighted by Gasteiger charge is 2.09. The lowest BCUT2D eigenvalue weighted by atomic mass is 10.2. The fourth-order valence-electron chi connectivity index (χ4n) is 1.48. The summed E-state index contributed by atoms with van der Waals surface area (Å²) < 4.78 is 7.53. The van der Waals surface area contributed by atoms with Gasteiger partial charge in [0.25, 0.3) is 5.09 Å². The Hall–Kier alpha value is -1.90. The molecule has 0 bridgehead atoms. The van der Waals surface area contributed by atoms with Crippen LogP contribution >= 0.6 is 35.0 Å². The minimum atomic E-state index is -1.50. The molecule has 0 atom stereocenters. The van der Waals surface area contributed by atoms with Crippen LogP contribution in [-0.4, -0.2) is 32.0 Å². The molecule has 1 heterocycles. The molecular formula is C13H13Cl2N3O4S. The first-order chi connectivity index (χ1) is 10.9. The second kappa shape index (κ2) is 9.98. The Bertz CT molecular complexity index is 661. The monoisotopic (exact) mass is 377 g/mol. The maximum atomic E-state index is 8.36. The maximum Gasteiger partial charge on any atom is 0.291 e. The molecule has 0 amide bonds. The maximum absolute atomic E-state index is 8.36. The molecule has 0 saturated carbocycles. The summed E-state index contributed by atoms with van der Waals surface area (Å²) >= 11 is 13.7. The highest BCUT2D eigenvalue weighted by atomic mass is 35.5. The molecule has 0 aliphatic carbocycles. The Labute approximate surface area is 146 Å². The average Bonchev–Trinajstić information content (AvgIpc) is 2.96. The van der Waals surface area contributed by atoms with Gasteiger partial charge in [-0.15, -0.1) is 21.9 Å². The molecule has 0 radical (unpaired) electrons. The van der Waals surface area contributed by atoms with Crippen LogP contribution in [0.2, 0.25) is 10.0 Å². The highest BCUT2D eigenvalue weighted by molar-refractivity contribution is 7.98. The van der Waals surface area contributed by atoms with Gasteiger partial charge in [-0.25, -0.2) is 4.98 Å². The number of hydrogen-bond acceptors (Lipinski definition) is 5. The Morgan fingerprint density at radius 2 is 2.26 bits per heavy atom. The molecule has 0 fully saturated rings. The molecule has 0 unspecified atom stereocenters. The van der Waals surface area contributed by atoms with Crippen LogP contribution < -0.4 is 0 Å². The molecule has 0 aliphatic heterocycles. The van der Waals surface area contributed by atoms with E-state index in [1.54, 1.807) is 41.0 Å².